The highest BCUT2D eigenvalue weighted by Crippen LogP contribution is 2.37. The highest BCUT2D eigenvalue weighted by Gasteiger charge is 2.31. The first-order valence-electron chi connectivity index (χ1n) is 10.6. The van der Waals surface area contributed by atoms with Crippen molar-refractivity contribution in [1.29, 1.82) is 0 Å². The molecule has 0 aromatic heterocycles. The summed E-state index contributed by atoms with van der Waals surface area (Å²) >= 11 is 0. The molecular formula is C24H24N2O5S. The first kappa shape index (κ1) is 20.6. The number of aryl methyl sites for hydroxylation is 2. The normalized spacial score (nSPS) is 15.4. The van der Waals surface area contributed by atoms with Gasteiger partial charge in [-0.25, -0.2) is 8.42 Å². The molecule has 1 N–H and O–H groups in total. The maximum absolute atomic E-state index is 13.2. The van der Waals surface area contributed by atoms with Crippen molar-refractivity contribution in [2.24, 2.45) is 0 Å². The summed E-state index contributed by atoms with van der Waals surface area (Å²) in [4.78, 5) is 13.2. The Hall–Kier alpha value is -3.26. The smallest absolute Gasteiger partial charge is 0.248 e. The molecule has 5 rings (SSSR count). The van der Waals surface area contributed by atoms with Crippen LogP contribution >= 0.6 is 0 Å². The van der Waals surface area contributed by atoms with E-state index in [0.717, 1.165) is 28.8 Å². The Morgan fingerprint density at radius 3 is 2.47 bits per heavy atom. The highest BCUT2D eigenvalue weighted by atomic mass is 32.2. The Morgan fingerprint density at radius 1 is 1.00 bits per heavy atom. The number of fused-ring (bicyclic) bond motifs is 1. The highest BCUT2D eigenvalue weighted by molar-refractivity contribution is 7.92. The average Bonchev–Trinajstić information content (AvgIpc) is 3.19. The van der Waals surface area contributed by atoms with Crippen LogP contribution in [-0.2, 0) is 27.7 Å². The predicted molar refractivity (Wildman–Crippen MR) is 124 cm³/mol. The van der Waals surface area contributed by atoms with Crippen LogP contribution in [0, 0.1) is 0 Å². The number of carbonyl (C=O) groups is 1. The monoisotopic (exact) mass is 452 g/mol. The molecule has 7 nitrogen and oxygen atoms in total. The van der Waals surface area contributed by atoms with Gasteiger partial charge in [-0.3, -0.25) is 9.10 Å². The summed E-state index contributed by atoms with van der Waals surface area (Å²) in [6, 6.07) is 13.9. The lowest BCUT2D eigenvalue weighted by Crippen LogP contribution is -2.45. The number of benzene rings is 3. The van der Waals surface area contributed by atoms with Crippen molar-refractivity contribution >= 4 is 38.1 Å². The lowest BCUT2D eigenvalue weighted by Gasteiger charge is -2.29. The van der Waals surface area contributed by atoms with Crippen molar-refractivity contribution in [3.63, 3.8) is 0 Å². The van der Waals surface area contributed by atoms with E-state index in [2.05, 4.69) is 11.4 Å². The summed E-state index contributed by atoms with van der Waals surface area (Å²) in [5, 5.41) is 5.11. The van der Waals surface area contributed by atoms with Crippen LogP contribution in [0.4, 0.5) is 11.4 Å². The number of hydrogen-bond acceptors (Lipinski definition) is 5. The van der Waals surface area contributed by atoms with E-state index in [1.54, 1.807) is 25.1 Å². The van der Waals surface area contributed by atoms with Crippen molar-refractivity contribution in [2.45, 2.75) is 25.8 Å². The van der Waals surface area contributed by atoms with Crippen LogP contribution in [0.1, 0.15) is 18.1 Å². The molecule has 2 aliphatic rings. The summed E-state index contributed by atoms with van der Waals surface area (Å²) in [6.45, 7) is 2.40. The summed E-state index contributed by atoms with van der Waals surface area (Å²) < 4.78 is 37.6. The van der Waals surface area contributed by atoms with Crippen LogP contribution in [-0.4, -0.2) is 39.8 Å². The molecule has 0 saturated heterocycles. The SMILES string of the molecule is CC(C(=O)Nc1ccc2c3c(cccc13)CC2)N(c1ccc2c(c1)OCCO2)S(C)(=O)=O. The van der Waals surface area contributed by atoms with Gasteiger partial charge in [0.25, 0.3) is 0 Å². The summed E-state index contributed by atoms with van der Waals surface area (Å²) in [5.74, 6) is 0.602. The molecule has 0 radical (unpaired) electrons. The maximum Gasteiger partial charge on any atom is 0.248 e. The minimum atomic E-state index is -3.75. The molecule has 1 amide bonds. The molecule has 8 heteroatoms. The summed E-state index contributed by atoms with van der Waals surface area (Å²) in [7, 11) is -3.75. The van der Waals surface area contributed by atoms with Crippen LogP contribution in [0.2, 0.25) is 0 Å². The van der Waals surface area contributed by atoms with E-state index in [9.17, 15) is 13.2 Å². The molecule has 32 heavy (non-hydrogen) atoms. The standard InChI is InChI=1S/C24H24N2O5S/c1-15(26(32(2,28)29)18-9-11-21-22(14-18)31-13-12-30-21)24(27)25-20-10-8-17-7-6-16-4-3-5-19(20)23(16)17/h3-5,8-11,14-15H,6-7,12-13H2,1-2H3,(H,25,27). The van der Waals surface area contributed by atoms with E-state index in [1.165, 1.54) is 16.5 Å². The van der Waals surface area contributed by atoms with Gasteiger partial charge >= 0.3 is 0 Å². The van der Waals surface area contributed by atoms with Crippen LogP contribution in [0.5, 0.6) is 11.5 Å². The van der Waals surface area contributed by atoms with E-state index in [0.29, 0.717) is 36.1 Å². The summed E-state index contributed by atoms with van der Waals surface area (Å²) in [6.07, 6.45) is 3.07. The van der Waals surface area contributed by atoms with Gasteiger partial charge in [-0.15, -0.1) is 0 Å². The molecule has 1 atom stereocenters. The number of ether oxygens (including phenoxy) is 2. The topological polar surface area (TPSA) is 84.9 Å². The van der Waals surface area contributed by atoms with E-state index >= 15 is 0 Å². The molecule has 0 fully saturated rings. The molecule has 1 unspecified atom stereocenters. The quantitative estimate of drug-likeness (QED) is 0.641. The van der Waals surface area contributed by atoms with Gasteiger partial charge in [0.2, 0.25) is 15.9 Å². The number of rotatable bonds is 5. The fourth-order valence-electron chi connectivity index (χ4n) is 4.57. The number of sulfonamides is 1. The molecule has 166 valence electrons. The minimum absolute atomic E-state index is 0.347. The third-order valence-corrected chi connectivity index (χ3v) is 7.25. The Bertz CT molecular complexity index is 1330. The lowest BCUT2D eigenvalue weighted by molar-refractivity contribution is -0.116. The van der Waals surface area contributed by atoms with Gasteiger partial charge in [-0.1, -0.05) is 24.3 Å². The first-order chi connectivity index (χ1) is 15.3. The molecule has 0 saturated carbocycles. The molecule has 0 bridgehead atoms. The second-order valence-corrected chi connectivity index (χ2v) is 10.0. The number of carbonyl (C=O) groups excluding carboxylic acids is 1. The van der Waals surface area contributed by atoms with Gasteiger partial charge in [0.1, 0.15) is 19.3 Å². The maximum atomic E-state index is 13.2. The van der Waals surface area contributed by atoms with Crippen LogP contribution < -0.4 is 19.1 Å². The zero-order valence-corrected chi connectivity index (χ0v) is 18.7. The van der Waals surface area contributed by atoms with Crippen molar-refractivity contribution in [1.82, 2.24) is 0 Å². The second-order valence-electron chi connectivity index (χ2n) is 8.16. The van der Waals surface area contributed by atoms with E-state index in [1.807, 2.05) is 24.3 Å². The largest absolute Gasteiger partial charge is 0.486 e. The molecular weight excluding hydrogens is 428 g/mol. The van der Waals surface area contributed by atoms with E-state index in [4.69, 9.17) is 9.47 Å². The fourth-order valence-corrected chi connectivity index (χ4v) is 5.74. The predicted octanol–water partition coefficient (Wildman–Crippen LogP) is 3.50. The van der Waals surface area contributed by atoms with Crippen LogP contribution in [0.15, 0.2) is 48.5 Å². The third-order valence-electron chi connectivity index (χ3n) is 6.00. The number of amides is 1. The van der Waals surface area contributed by atoms with Gasteiger partial charge in [0.15, 0.2) is 11.5 Å². The molecule has 1 aliphatic heterocycles. The minimum Gasteiger partial charge on any atom is -0.486 e. The lowest BCUT2D eigenvalue weighted by atomic mass is 10.0. The fraction of sp³-hybridized carbons (Fsp3) is 0.292. The van der Waals surface area contributed by atoms with Gasteiger partial charge in [-0.05, 0) is 54.5 Å². The van der Waals surface area contributed by atoms with Gasteiger partial charge in [-0.2, -0.15) is 0 Å². The molecule has 3 aromatic carbocycles. The van der Waals surface area contributed by atoms with E-state index < -0.39 is 22.0 Å². The van der Waals surface area contributed by atoms with Gasteiger partial charge in [0, 0.05) is 17.1 Å². The van der Waals surface area contributed by atoms with Crippen molar-refractivity contribution in [3.8, 4) is 11.5 Å². The van der Waals surface area contributed by atoms with Gasteiger partial charge in [0.05, 0.1) is 11.9 Å². The first-order valence-corrected chi connectivity index (χ1v) is 12.4. The second kappa shape index (κ2) is 7.70. The summed E-state index contributed by atoms with van der Waals surface area (Å²) in [5.41, 5.74) is 3.58. The van der Waals surface area contributed by atoms with Crippen molar-refractivity contribution < 1.29 is 22.7 Å². The zero-order valence-electron chi connectivity index (χ0n) is 17.9. The molecule has 0 spiro atoms. The zero-order chi connectivity index (χ0) is 22.5. The van der Waals surface area contributed by atoms with Gasteiger partial charge < -0.3 is 14.8 Å². The Balaban J connectivity index is 1.47. The Morgan fingerprint density at radius 2 is 1.72 bits per heavy atom. The molecule has 1 heterocycles. The van der Waals surface area contributed by atoms with Crippen molar-refractivity contribution in [3.05, 3.63) is 59.7 Å². The van der Waals surface area contributed by atoms with Crippen LogP contribution in [0.3, 0.4) is 0 Å². The number of nitrogens with zero attached hydrogens (tertiary/aromatic N) is 1. The number of anilines is 2. The molecule has 3 aromatic rings. The third kappa shape index (κ3) is 3.54. The number of hydrogen-bond donors (Lipinski definition) is 1. The Kier molecular flexibility index (Phi) is 4.97. The Labute approximate surface area is 187 Å². The van der Waals surface area contributed by atoms with Crippen LogP contribution in [0.25, 0.3) is 10.8 Å². The van der Waals surface area contributed by atoms with Crippen molar-refractivity contribution in [2.75, 3.05) is 29.1 Å². The van der Waals surface area contributed by atoms with E-state index in [-0.39, 0.29) is 0 Å². The number of nitrogens with one attached hydrogen (secondary N) is 1. The molecule has 1 aliphatic carbocycles. The average molecular weight is 453 g/mol.